The van der Waals surface area contributed by atoms with Gasteiger partial charge in [0, 0.05) is 11.1 Å². The topological polar surface area (TPSA) is 20.3 Å². The molecule has 4 rings (SSSR count). The molecule has 0 bridgehead atoms. The fraction of sp³-hybridized carbons (Fsp3) is 0.227. The highest BCUT2D eigenvalue weighted by Gasteiger charge is 2.34. The van der Waals surface area contributed by atoms with Crippen molar-refractivity contribution in [2.75, 3.05) is 4.90 Å². The number of carbonyl (C=O) groups is 1. The Balaban J connectivity index is 1.89. The van der Waals surface area contributed by atoms with E-state index in [-0.39, 0.29) is 11.3 Å². The van der Waals surface area contributed by atoms with Gasteiger partial charge in [-0.1, -0.05) is 39.0 Å². The number of carbonyl (C=O) groups excluding carboxylic acids is 1. The zero-order chi connectivity index (χ0) is 19.6. The van der Waals surface area contributed by atoms with Gasteiger partial charge in [-0.15, -0.1) is 0 Å². The molecule has 0 unspecified atom stereocenters. The summed E-state index contributed by atoms with van der Waals surface area (Å²) in [6.07, 6.45) is -4.40. The Bertz CT molecular complexity index is 1060. The maximum Gasteiger partial charge on any atom is 0.416 e. The number of benzene rings is 3. The van der Waals surface area contributed by atoms with Crippen LogP contribution in [0.1, 0.15) is 42.3 Å². The van der Waals surface area contributed by atoms with Crippen molar-refractivity contribution < 1.29 is 18.0 Å². The van der Waals surface area contributed by atoms with Crippen LogP contribution in [0.2, 0.25) is 0 Å². The number of rotatable bonds is 1. The lowest BCUT2D eigenvalue weighted by Crippen LogP contribution is -2.21. The quantitative estimate of drug-likeness (QED) is 0.483. The average molecular weight is 369 g/mol. The minimum absolute atomic E-state index is 0.0953. The third-order valence-electron chi connectivity index (χ3n) is 4.95. The van der Waals surface area contributed by atoms with Gasteiger partial charge < -0.3 is 0 Å². The van der Waals surface area contributed by atoms with Crippen molar-refractivity contribution in [3.63, 3.8) is 0 Å². The molecule has 1 amide bonds. The lowest BCUT2D eigenvalue weighted by Gasteiger charge is -2.23. The van der Waals surface area contributed by atoms with Gasteiger partial charge in [0.05, 0.1) is 16.8 Å². The Morgan fingerprint density at radius 3 is 2.11 bits per heavy atom. The van der Waals surface area contributed by atoms with Gasteiger partial charge in [0.25, 0.3) is 5.91 Å². The third-order valence-corrected chi connectivity index (χ3v) is 4.95. The van der Waals surface area contributed by atoms with Crippen LogP contribution in [0, 0.1) is 0 Å². The van der Waals surface area contributed by atoms with Crippen LogP contribution < -0.4 is 4.90 Å². The van der Waals surface area contributed by atoms with Crippen molar-refractivity contribution in [1.82, 2.24) is 0 Å². The van der Waals surface area contributed by atoms with Crippen molar-refractivity contribution in [3.8, 4) is 0 Å². The highest BCUT2D eigenvalue weighted by atomic mass is 19.4. The van der Waals surface area contributed by atoms with Crippen LogP contribution in [0.4, 0.5) is 24.5 Å². The van der Waals surface area contributed by atoms with Gasteiger partial charge in [-0.05, 0) is 52.8 Å². The first-order chi connectivity index (χ1) is 12.6. The summed E-state index contributed by atoms with van der Waals surface area (Å²) >= 11 is 0. The van der Waals surface area contributed by atoms with Crippen molar-refractivity contribution in [2.45, 2.75) is 32.4 Å². The molecule has 0 saturated heterocycles. The Labute approximate surface area is 155 Å². The van der Waals surface area contributed by atoms with Crippen molar-refractivity contribution in [1.29, 1.82) is 0 Å². The summed E-state index contributed by atoms with van der Waals surface area (Å²) in [6.45, 7) is 6.34. The molecule has 2 nitrogen and oxygen atoms in total. The number of halogens is 3. The van der Waals surface area contributed by atoms with E-state index in [9.17, 15) is 18.0 Å². The second-order valence-corrected chi connectivity index (χ2v) is 7.80. The predicted molar refractivity (Wildman–Crippen MR) is 101 cm³/mol. The molecule has 5 heteroatoms. The van der Waals surface area contributed by atoms with Gasteiger partial charge in [0.1, 0.15) is 0 Å². The first-order valence-electron chi connectivity index (χ1n) is 8.67. The lowest BCUT2D eigenvalue weighted by molar-refractivity contribution is -0.137. The molecule has 0 aliphatic carbocycles. The Hall–Kier alpha value is -2.82. The predicted octanol–water partition coefficient (Wildman–Crippen LogP) is 6.45. The van der Waals surface area contributed by atoms with E-state index in [1.54, 1.807) is 6.07 Å². The van der Waals surface area contributed by atoms with E-state index in [0.717, 1.165) is 28.5 Å². The highest BCUT2D eigenvalue weighted by Crippen LogP contribution is 2.45. The number of hydrogen-bond donors (Lipinski definition) is 0. The number of nitrogens with zero attached hydrogens (tertiary/aromatic N) is 1. The summed E-state index contributed by atoms with van der Waals surface area (Å²) < 4.78 is 38.5. The molecular formula is C22H18F3NO. The normalized spacial score (nSPS) is 14.3. The van der Waals surface area contributed by atoms with Gasteiger partial charge in [-0.3, -0.25) is 9.69 Å². The third kappa shape index (κ3) is 2.69. The van der Waals surface area contributed by atoms with Gasteiger partial charge >= 0.3 is 6.18 Å². The molecule has 1 aliphatic heterocycles. The summed E-state index contributed by atoms with van der Waals surface area (Å²) in [5.41, 5.74) is 2.01. The van der Waals surface area contributed by atoms with Crippen LogP contribution in [0.25, 0.3) is 10.8 Å². The van der Waals surface area contributed by atoms with E-state index in [4.69, 9.17) is 0 Å². The monoisotopic (exact) mass is 369 g/mol. The fourth-order valence-corrected chi connectivity index (χ4v) is 3.69. The second-order valence-electron chi connectivity index (χ2n) is 7.80. The summed E-state index contributed by atoms with van der Waals surface area (Å²) in [7, 11) is 0. The van der Waals surface area contributed by atoms with Crippen LogP contribution >= 0.6 is 0 Å². The highest BCUT2D eigenvalue weighted by molar-refractivity contribution is 6.28. The van der Waals surface area contributed by atoms with E-state index in [2.05, 4.69) is 20.8 Å². The number of hydrogen-bond acceptors (Lipinski definition) is 1. The zero-order valence-electron chi connectivity index (χ0n) is 15.2. The Morgan fingerprint density at radius 2 is 1.52 bits per heavy atom. The maximum absolute atomic E-state index is 13.0. The molecule has 3 aromatic rings. The smallest absolute Gasteiger partial charge is 0.276 e. The molecule has 0 atom stereocenters. The summed E-state index contributed by atoms with van der Waals surface area (Å²) in [4.78, 5) is 14.5. The van der Waals surface area contributed by atoms with Gasteiger partial charge in [-0.2, -0.15) is 13.2 Å². The molecule has 0 N–H and O–H groups in total. The van der Waals surface area contributed by atoms with Gasteiger partial charge in [-0.25, -0.2) is 0 Å². The molecule has 0 radical (unpaired) electrons. The van der Waals surface area contributed by atoms with Crippen LogP contribution in [-0.2, 0) is 11.6 Å². The van der Waals surface area contributed by atoms with E-state index in [0.29, 0.717) is 16.9 Å². The molecule has 27 heavy (non-hydrogen) atoms. The Kier molecular flexibility index (Phi) is 3.64. The zero-order valence-corrected chi connectivity index (χ0v) is 15.2. The van der Waals surface area contributed by atoms with E-state index >= 15 is 0 Å². The summed E-state index contributed by atoms with van der Waals surface area (Å²) in [5.74, 6) is -0.221. The number of alkyl halides is 3. The van der Waals surface area contributed by atoms with Crippen LogP contribution in [0.15, 0.2) is 54.6 Å². The standard InChI is InChI=1S/C22H18F3NO/c1-21(2,3)17-11-12-18-19-15(17)5-4-6-16(19)20(27)26(18)14-9-7-13(8-10-14)22(23,24)25/h4-12H,1-3H3. The number of amides is 1. The molecular weight excluding hydrogens is 351 g/mol. The minimum atomic E-state index is -4.40. The Morgan fingerprint density at radius 1 is 0.852 bits per heavy atom. The largest absolute Gasteiger partial charge is 0.416 e. The first kappa shape index (κ1) is 17.6. The SMILES string of the molecule is CC(C)(C)c1ccc2c3c(cccc13)C(=O)N2c1ccc(C(F)(F)F)cc1. The molecule has 0 saturated carbocycles. The first-order valence-corrected chi connectivity index (χ1v) is 8.67. The maximum atomic E-state index is 13.0. The molecule has 1 aliphatic rings. The lowest BCUT2D eigenvalue weighted by atomic mass is 9.83. The molecule has 138 valence electrons. The molecule has 0 spiro atoms. The fourth-order valence-electron chi connectivity index (χ4n) is 3.69. The van der Waals surface area contributed by atoms with Crippen LogP contribution in [-0.4, -0.2) is 5.91 Å². The van der Waals surface area contributed by atoms with E-state index in [1.165, 1.54) is 17.0 Å². The van der Waals surface area contributed by atoms with Crippen molar-refractivity contribution in [2.24, 2.45) is 0 Å². The average Bonchev–Trinajstić information content (AvgIpc) is 2.88. The van der Waals surface area contributed by atoms with E-state index in [1.807, 2.05) is 24.3 Å². The second kappa shape index (κ2) is 5.59. The molecule has 3 aromatic carbocycles. The van der Waals surface area contributed by atoms with Crippen molar-refractivity contribution in [3.05, 3.63) is 71.3 Å². The molecule has 1 heterocycles. The minimum Gasteiger partial charge on any atom is -0.276 e. The van der Waals surface area contributed by atoms with Crippen LogP contribution in [0.3, 0.4) is 0 Å². The van der Waals surface area contributed by atoms with E-state index < -0.39 is 11.7 Å². The van der Waals surface area contributed by atoms with Gasteiger partial charge in [0.15, 0.2) is 0 Å². The van der Waals surface area contributed by atoms with Crippen LogP contribution in [0.5, 0.6) is 0 Å². The summed E-state index contributed by atoms with van der Waals surface area (Å²) in [6, 6.07) is 14.2. The van der Waals surface area contributed by atoms with Gasteiger partial charge in [0.2, 0.25) is 0 Å². The summed E-state index contributed by atoms with van der Waals surface area (Å²) in [5, 5.41) is 1.86. The molecule has 0 fully saturated rings. The van der Waals surface area contributed by atoms with Crippen molar-refractivity contribution >= 4 is 28.1 Å². The molecule has 0 aromatic heterocycles. The number of anilines is 2.